The quantitative estimate of drug-likeness (QED) is 0.293. The summed E-state index contributed by atoms with van der Waals surface area (Å²) in [5.41, 5.74) is 8.01. The number of aryl methyl sites for hydroxylation is 2. The molecule has 7 rings (SSSR count). The van der Waals surface area contributed by atoms with Crippen LogP contribution in [0.15, 0.2) is 78.9 Å². The Morgan fingerprint density at radius 2 is 1.39 bits per heavy atom. The Labute approximate surface area is 192 Å². The van der Waals surface area contributed by atoms with Crippen LogP contribution < -0.4 is 30.4 Å². The van der Waals surface area contributed by atoms with Gasteiger partial charge in [-0.2, -0.15) is 4.57 Å². The Bertz CT molecular complexity index is 1610. The van der Waals surface area contributed by atoms with Gasteiger partial charge in [-0.1, -0.05) is 54.6 Å². The molecule has 2 aliphatic rings. The topological polar surface area (TPSA) is 27.3 Å². The summed E-state index contributed by atoms with van der Waals surface area (Å²) in [6.45, 7) is 4.39. The molecule has 3 heterocycles. The molecule has 33 heavy (non-hydrogen) atoms. The van der Waals surface area contributed by atoms with Gasteiger partial charge < -0.3 is 9.47 Å². The molecule has 158 valence electrons. The molecule has 0 spiro atoms. The minimum atomic E-state index is 0.0800. The van der Waals surface area contributed by atoms with Gasteiger partial charge in [0.05, 0.1) is 7.05 Å². The van der Waals surface area contributed by atoms with Gasteiger partial charge in [-0.15, -0.1) is 0 Å². The second-order valence-electron chi connectivity index (χ2n) is 8.93. The SMILES string of the molecule is Cc1ccccc1-n1c(C)[n+](C)c2c3c4c(cc21)Oc1ccccc1B4c1ccccc1O3. The third-order valence-electron chi connectivity index (χ3n) is 7.16. The fourth-order valence-corrected chi connectivity index (χ4v) is 5.52. The number of para-hydroxylation sites is 3. The van der Waals surface area contributed by atoms with E-state index in [1.54, 1.807) is 0 Å². The maximum Gasteiger partial charge on any atom is 0.260 e. The van der Waals surface area contributed by atoms with E-state index in [1.807, 2.05) is 12.1 Å². The van der Waals surface area contributed by atoms with Gasteiger partial charge in [0.2, 0.25) is 5.52 Å². The number of imidazole rings is 1. The molecule has 0 atom stereocenters. The van der Waals surface area contributed by atoms with Crippen LogP contribution in [0.3, 0.4) is 0 Å². The van der Waals surface area contributed by atoms with Crippen molar-refractivity contribution in [1.82, 2.24) is 4.57 Å². The molecular weight excluding hydrogens is 407 g/mol. The monoisotopic (exact) mass is 429 g/mol. The van der Waals surface area contributed by atoms with Crippen molar-refractivity contribution in [2.75, 3.05) is 0 Å². The van der Waals surface area contributed by atoms with E-state index in [1.165, 1.54) is 16.5 Å². The average molecular weight is 429 g/mol. The predicted molar refractivity (Wildman–Crippen MR) is 132 cm³/mol. The number of ether oxygens (including phenoxy) is 2. The highest BCUT2D eigenvalue weighted by molar-refractivity contribution is 6.98. The van der Waals surface area contributed by atoms with E-state index in [0.29, 0.717) is 0 Å². The summed E-state index contributed by atoms with van der Waals surface area (Å²) < 4.78 is 17.7. The van der Waals surface area contributed by atoms with Crippen LogP contribution in [0.5, 0.6) is 23.0 Å². The van der Waals surface area contributed by atoms with E-state index < -0.39 is 0 Å². The molecule has 5 heteroatoms. The maximum atomic E-state index is 6.65. The van der Waals surface area contributed by atoms with Crippen molar-refractivity contribution in [3.8, 4) is 28.7 Å². The van der Waals surface area contributed by atoms with Crippen molar-refractivity contribution in [3.05, 3.63) is 90.3 Å². The Kier molecular flexibility index (Phi) is 3.67. The van der Waals surface area contributed by atoms with Crippen LogP contribution in [-0.4, -0.2) is 11.3 Å². The molecule has 5 aromatic rings. The van der Waals surface area contributed by atoms with Crippen LogP contribution in [-0.2, 0) is 7.05 Å². The smallest absolute Gasteiger partial charge is 0.260 e. The maximum absolute atomic E-state index is 6.65. The van der Waals surface area contributed by atoms with Gasteiger partial charge in [-0.05, 0) is 41.6 Å². The van der Waals surface area contributed by atoms with Crippen LogP contribution in [0.2, 0.25) is 0 Å². The standard InChI is InChI=1S/C28H22BN2O2/c1-17-10-4-7-13-21(17)31-18(2)30(3)27-22(31)16-25-26-28(27)33-24-15-9-6-12-20(24)29(26)19-11-5-8-14-23(19)32-25/h4-16H,1-3H3/q+1. The van der Waals surface area contributed by atoms with Gasteiger partial charge in [-0.25, -0.2) is 4.57 Å². The normalized spacial score (nSPS) is 13.1. The van der Waals surface area contributed by atoms with Gasteiger partial charge in [0, 0.05) is 18.5 Å². The second kappa shape index (κ2) is 6.52. The summed E-state index contributed by atoms with van der Waals surface area (Å²) in [5, 5.41) is 0. The molecule has 0 fully saturated rings. The minimum Gasteiger partial charge on any atom is -0.458 e. The number of nitrogens with zero attached hydrogens (tertiary/aromatic N) is 2. The molecule has 0 aliphatic carbocycles. The van der Waals surface area contributed by atoms with E-state index in [4.69, 9.17) is 9.47 Å². The number of aromatic nitrogens is 2. The van der Waals surface area contributed by atoms with Gasteiger partial charge in [0.1, 0.15) is 22.9 Å². The molecule has 4 aromatic carbocycles. The Morgan fingerprint density at radius 3 is 2.12 bits per heavy atom. The molecule has 4 nitrogen and oxygen atoms in total. The first-order valence-corrected chi connectivity index (χ1v) is 11.3. The van der Waals surface area contributed by atoms with E-state index in [0.717, 1.165) is 51.0 Å². The van der Waals surface area contributed by atoms with Crippen LogP contribution in [0.25, 0.3) is 16.7 Å². The summed E-state index contributed by atoms with van der Waals surface area (Å²) in [5.74, 6) is 4.70. The molecule has 0 saturated heterocycles. The molecule has 0 unspecified atom stereocenters. The van der Waals surface area contributed by atoms with Crippen molar-refractivity contribution in [2.24, 2.45) is 7.05 Å². The molecule has 0 radical (unpaired) electrons. The molecule has 0 N–H and O–H groups in total. The van der Waals surface area contributed by atoms with Crippen molar-refractivity contribution in [1.29, 1.82) is 0 Å². The highest BCUT2D eigenvalue weighted by atomic mass is 16.5. The van der Waals surface area contributed by atoms with Gasteiger partial charge in [0.15, 0.2) is 11.3 Å². The molecule has 0 bridgehead atoms. The Morgan fingerprint density at radius 1 is 0.758 bits per heavy atom. The summed E-state index contributed by atoms with van der Waals surface area (Å²) >= 11 is 0. The van der Waals surface area contributed by atoms with E-state index >= 15 is 0 Å². The summed E-state index contributed by atoms with van der Waals surface area (Å²) in [4.78, 5) is 0. The lowest BCUT2D eigenvalue weighted by Gasteiger charge is -2.32. The van der Waals surface area contributed by atoms with Crippen LogP contribution in [0, 0.1) is 13.8 Å². The van der Waals surface area contributed by atoms with Gasteiger partial charge in [-0.3, -0.25) is 0 Å². The second-order valence-corrected chi connectivity index (χ2v) is 8.93. The molecule has 0 amide bonds. The first kappa shape index (κ1) is 18.6. The summed E-state index contributed by atoms with van der Waals surface area (Å²) in [6.07, 6.45) is 0. The summed E-state index contributed by atoms with van der Waals surface area (Å²) in [6, 6.07) is 27.4. The van der Waals surface area contributed by atoms with E-state index in [9.17, 15) is 0 Å². The van der Waals surface area contributed by atoms with Crippen molar-refractivity contribution >= 4 is 34.1 Å². The zero-order valence-electron chi connectivity index (χ0n) is 18.8. The Hall–Kier alpha value is -3.99. The fraction of sp³-hybridized carbons (Fsp3) is 0.107. The predicted octanol–water partition coefficient (Wildman–Crippen LogP) is 3.80. The average Bonchev–Trinajstić information content (AvgIpc) is 3.09. The number of fused-ring (bicyclic) bond motifs is 6. The number of rotatable bonds is 1. The number of hydrogen-bond acceptors (Lipinski definition) is 2. The lowest BCUT2D eigenvalue weighted by Crippen LogP contribution is -2.57. The first-order chi connectivity index (χ1) is 16.1. The molecular formula is C28H22BN2O2+. The zero-order chi connectivity index (χ0) is 22.3. The molecule has 1 aromatic heterocycles. The first-order valence-electron chi connectivity index (χ1n) is 11.3. The highest BCUT2D eigenvalue weighted by Crippen LogP contribution is 2.39. The highest BCUT2D eigenvalue weighted by Gasteiger charge is 2.43. The Balaban J connectivity index is 1.62. The zero-order valence-corrected chi connectivity index (χ0v) is 18.8. The fourth-order valence-electron chi connectivity index (χ4n) is 5.52. The van der Waals surface area contributed by atoms with E-state index in [2.05, 4.69) is 96.8 Å². The third-order valence-corrected chi connectivity index (χ3v) is 7.16. The van der Waals surface area contributed by atoms with Crippen molar-refractivity contribution < 1.29 is 14.0 Å². The number of benzene rings is 4. The summed E-state index contributed by atoms with van der Waals surface area (Å²) in [7, 11) is 2.12. The van der Waals surface area contributed by atoms with Gasteiger partial charge in [0.25, 0.3) is 12.5 Å². The van der Waals surface area contributed by atoms with E-state index in [-0.39, 0.29) is 6.71 Å². The van der Waals surface area contributed by atoms with Crippen LogP contribution in [0.4, 0.5) is 0 Å². The lowest BCUT2D eigenvalue weighted by atomic mass is 9.35. The van der Waals surface area contributed by atoms with Crippen molar-refractivity contribution in [2.45, 2.75) is 13.8 Å². The number of hydrogen-bond donors (Lipinski definition) is 0. The molecule has 0 saturated carbocycles. The molecule has 2 aliphatic heterocycles. The lowest BCUT2D eigenvalue weighted by molar-refractivity contribution is -0.652. The van der Waals surface area contributed by atoms with Crippen LogP contribution >= 0.6 is 0 Å². The third kappa shape index (κ3) is 2.39. The van der Waals surface area contributed by atoms with Crippen molar-refractivity contribution in [3.63, 3.8) is 0 Å². The van der Waals surface area contributed by atoms with Crippen LogP contribution in [0.1, 0.15) is 11.4 Å². The minimum absolute atomic E-state index is 0.0800. The largest absolute Gasteiger partial charge is 0.458 e. The van der Waals surface area contributed by atoms with Gasteiger partial charge >= 0.3 is 0 Å².